The monoisotopic (exact) mass is 260 g/mol. The number of rotatable bonds is 3. The first-order valence-corrected chi connectivity index (χ1v) is 10.4. The molecule has 0 aromatic heterocycles. The van der Waals surface area contributed by atoms with E-state index in [1.54, 1.807) is 7.11 Å². The summed E-state index contributed by atoms with van der Waals surface area (Å²) in [5, 5.41) is 0. The molecule has 0 saturated carbocycles. The zero-order valence-electron chi connectivity index (χ0n) is 12.0. The fourth-order valence-corrected chi connectivity index (χ4v) is 3.37. The molecule has 18 heavy (non-hydrogen) atoms. The lowest BCUT2D eigenvalue weighted by molar-refractivity contribution is 0.413. The Morgan fingerprint density at radius 3 is 2.72 bits per heavy atom. The fourth-order valence-electron chi connectivity index (χ4n) is 2.56. The Labute approximate surface area is 112 Å². The zero-order chi connectivity index (χ0) is 13.2. The molecule has 1 nitrogen and oxygen atoms in total. The molecule has 1 aliphatic carbocycles. The number of methoxy groups -OCH3 is 1. The van der Waals surface area contributed by atoms with Crippen molar-refractivity contribution < 1.29 is 4.74 Å². The maximum atomic E-state index is 5.32. The van der Waals surface area contributed by atoms with Crippen molar-refractivity contribution in [2.45, 2.75) is 44.8 Å². The van der Waals surface area contributed by atoms with Gasteiger partial charge in [-0.25, -0.2) is 0 Å². The molecule has 1 aromatic rings. The van der Waals surface area contributed by atoms with E-state index in [1.165, 1.54) is 30.4 Å². The summed E-state index contributed by atoms with van der Waals surface area (Å²) < 4.78 is 5.32. The van der Waals surface area contributed by atoms with Crippen LogP contribution < -0.4 is 4.74 Å². The largest absolute Gasteiger partial charge is 0.497 e. The van der Waals surface area contributed by atoms with E-state index < -0.39 is 8.07 Å². The molecular formula is C16H24OSi. The van der Waals surface area contributed by atoms with E-state index in [1.807, 2.05) is 0 Å². The van der Waals surface area contributed by atoms with Gasteiger partial charge in [-0.2, -0.15) is 0 Å². The standard InChI is InChI=1S/C16H24OSi/c1-17-15-8-9-16-13(10-11-18(2,3)4)6-5-7-14(16)12-15/h8-13H,5-7H2,1-4H3/b11-10+. The Balaban J connectivity index is 2.25. The van der Waals surface area contributed by atoms with Gasteiger partial charge in [-0.05, 0) is 42.5 Å². The maximum Gasteiger partial charge on any atom is 0.119 e. The van der Waals surface area contributed by atoms with Crippen LogP contribution in [0.4, 0.5) is 0 Å². The summed E-state index contributed by atoms with van der Waals surface area (Å²) in [4.78, 5) is 0. The van der Waals surface area contributed by atoms with Gasteiger partial charge in [0.05, 0.1) is 15.2 Å². The third-order valence-electron chi connectivity index (χ3n) is 3.54. The molecule has 0 heterocycles. The molecule has 0 saturated heterocycles. The highest BCUT2D eigenvalue weighted by molar-refractivity contribution is 6.80. The highest BCUT2D eigenvalue weighted by atomic mass is 28.3. The second-order valence-electron chi connectivity index (χ2n) is 6.29. The Kier molecular flexibility index (Phi) is 3.96. The van der Waals surface area contributed by atoms with Crippen molar-refractivity contribution in [1.29, 1.82) is 0 Å². The number of hydrogen-bond acceptors (Lipinski definition) is 1. The highest BCUT2D eigenvalue weighted by Crippen LogP contribution is 2.34. The molecule has 1 atom stereocenters. The second kappa shape index (κ2) is 5.31. The van der Waals surface area contributed by atoms with Crippen LogP contribution in [0.2, 0.25) is 19.6 Å². The number of aryl methyl sites for hydroxylation is 1. The fraction of sp³-hybridized carbons (Fsp3) is 0.500. The van der Waals surface area contributed by atoms with E-state index in [4.69, 9.17) is 4.74 Å². The second-order valence-corrected chi connectivity index (χ2v) is 11.4. The summed E-state index contributed by atoms with van der Waals surface area (Å²) in [6.07, 6.45) is 6.24. The predicted octanol–water partition coefficient (Wildman–Crippen LogP) is 4.55. The normalized spacial score (nSPS) is 19.9. The molecule has 0 spiro atoms. The van der Waals surface area contributed by atoms with Gasteiger partial charge in [-0.15, -0.1) is 0 Å². The molecule has 1 aromatic carbocycles. The van der Waals surface area contributed by atoms with Crippen LogP contribution in [0.5, 0.6) is 5.75 Å². The van der Waals surface area contributed by atoms with Gasteiger partial charge in [0.1, 0.15) is 5.75 Å². The van der Waals surface area contributed by atoms with Crippen LogP contribution in [-0.4, -0.2) is 15.2 Å². The molecule has 2 heteroatoms. The summed E-state index contributed by atoms with van der Waals surface area (Å²) in [7, 11) is 0.658. The van der Waals surface area contributed by atoms with Gasteiger partial charge in [0.15, 0.2) is 0 Å². The highest BCUT2D eigenvalue weighted by Gasteiger charge is 2.19. The van der Waals surface area contributed by atoms with Gasteiger partial charge in [-0.1, -0.05) is 37.5 Å². The van der Waals surface area contributed by atoms with E-state index >= 15 is 0 Å². The molecular weight excluding hydrogens is 236 g/mol. The van der Waals surface area contributed by atoms with Crippen molar-refractivity contribution in [2.24, 2.45) is 0 Å². The minimum Gasteiger partial charge on any atom is -0.497 e. The summed E-state index contributed by atoms with van der Waals surface area (Å²) in [6.45, 7) is 7.17. The van der Waals surface area contributed by atoms with Crippen LogP contribution in [0.3, 0.4) is 0 Å². The molecule has 0 aliphatic heterocycles. The predicted molar refractivity (Wildman–Crippen MR) is 81.2 cm³/mol. The first-order chi connectivity index (χ1) is 8.49. The number of ether oxygens (including phenoxy) is 1. The Morgan fingerprint density at radius 2 is 2.06 bits per heavy atom. The summed E-state index contributed by atoms with van der Waals surface area (Å²) in [5.41, 5.74) is 5.47. The van der Waals surface area contributed by atoms with Crippen LogP contribution in [-0.2, 0) is 6.42 Å². The van der Waals surface area contributed by atoms with E-state index in [0.29, 0.717) is 5.92 Å². The molecule has 0 amide bonds. The van der Waals surface area contributed by atoms with Gasteiger partial charge >= 0.3 is 0 Å². The van der Waals surface area contributed by atoms with Crippen LogP contribution in [0.25, 0.3) is 0 Å². The number of allylic oxidation sites excluding steroid dienone is 1. The van der Waals surface area contributed by atoms with Crippen molar-refractivity contribution in [3.63, 3.8) is 0 Å². The molecule has 0 bridgehead atoms. The molecule has 0 N–H and O–H groups in total. The Hall–Kier alpha value is -1.02. The first-order valence-electron chi connectivity index (χ1n) is 6.86. The summed E-state index contributed by atoms with van der Waals surface area (Å²) in [6, 6.07) is 6.57. The summed E-state index contributed by atoms with van der Waals surface area (Å²) >= 11 is 0. The van der Waals surface area contributed by atoms with Gasteiger partial charge in [0, 0.05) is 5.92 Å². The third kappa shape index (κ3) is 3.26. The number of benzene rings is 1. The molecule has 2 rings (SSSR count). The topological polar surface area (TPSA) is 9.23 Å². The lowest BCUT2D eigenvalue weighted by atomic mass is 9.83. The molecule has 98 valence electrons. The van der Waals surface area contributed by atoms with Crippen molar-refractivity contribution in [2.75, 3.05) is 7.11 Å². The van der Waals surface area contributed by atoms with Crippen LogP contribution in [0.1, 0.15) is 29.9 Å². The average Bonchev–Trinajstić information content (AvgIpc) is 2.34. The van der Waals surface area contributed by atoms with E-state index in [9.17, 15) is 0 Å². The van der Waals surface area contributed by atoms with E-state index in [2.05, 4.69) is 49.6 Å². The maximum absolute atomic E-state index is 5.32. The lowest BCUT2D eigenvalue weighted by Gasteiger charge is -2.24. The minimum absolute atomic E-state index is 0.617. The number of fused-ring (bicyclic) bond motifs is 1. The third-order valence-corrected chi connectivity index (χ3v) is 4.73. The molecule has 1 aliphatic rings. The van der Waals surface area contributed by atoms with Crippen LogP contribution in [0.15, 0.2) is 30.0 Å². The van der Waals surface area contributed by atoms with E-state index in [-0.39, 0.29) is 0 Å². The van der Waals surface area contributed by atoms with Crippen molar-refractivity contribution in [1.82, 2.24) is 0 Å². The van der Waals surface area contributed by atoms with Crippen molar-refractivity contribution in [3.8, 4) is 5.75 Å². The smallest absolute Gasteiger partial charge is 0.119 e. The van der Waals surface area contributed by atoms with Crippen LogP contribution >= 0.6 is 0 Å². The SMILES string of the molecule is COc1ccc2c(c1)CCCC2/C=C/[Si](C)(C)C. The summed E-state index contributed by atoms with van der Waals surface area (Å²) in [5.74, 6) is 1.61. The quantitative estimate of drug-likeness (QED) is 0.725. The van der Waals surface area contributed by atoms with Crippen molar-refractivity contribution >= 4 is 8.07 Å². The number of hydrogen-bond donors (Lipinski definition) is 0. The molecule has 0 fully saturated rings. The lowest BCUT2D eigenvalue weighted by Crippen LogP contribution is -2.17. The van der Waals surface area contributed by atoms with Gasteiger partial charge in [-0.3, -0.25) is 0 Å². The van der Waals surface area contributed by atoms with Gasteiger partial charge in [0.2, 0.25) is 0 Å². The van der Waals surface area contributed by atoms with E-state index in [0.717, 1.165) is 5.75 Å². The Morgan fingerprint density at radius 1 is 1.28 bits per heavy atom. The van der Waals surface area contributed by atoms with Crippen molar-refractivity contribution in [3.05, 3.63) is 41.1 Å². The minimum atomic E-state index is -1.09. The zero-order valence-corrected chi connectivity index (χ0v) is 13.0. The first kappa shape index (κ1) is 13.4. The Bertz CT molecular complexity index is 443. The average molecular weight is 260 g/mol. The molecule has 1 unspecified atom stereocenters. The van der Waals surface area contributed by atoms with Crippen LogP contribution in [0, 0.1) is 0 Å². The van der Waals surface area contributed by atoms with Gasteiger partial charge in [0.25, 0.3) is 0 Å². The van der Waals surface area contributed by atoms with Gasteiger partial charge < -0.3 is 4.74 Å². The molecule has 0 radical (unpaired) electrons.